The first kappa shape index (κ1) is 22.2. The highest BCUT2D eigenvalue weighted by molar-refractivity contribution is 7.88. The Balaban J connectivity index is 1.66. The molecular formula is C20H27N3O6S. The zero-order valence-electron chi connectivity index (χ0n) is 16.9. The van der Waals surface area contributed by atoms with E-state index in [2.05, 4.69) is 4.72 Å². The average molecular weight is 438 g/mol. The van der Waals surface area contributed by atoms with Crippen LogP contribution in [0.3, 0.4) is 0 Å². The van der Waals surface area contributed by atoms with Crippen molar-refractivity contribution in [3.05, 3.63) is 35.9 Å². The van der Waals surface area contributed by atoms with Gasteiger partial charge in [-0.15, -0.1) is 0 Å². The molecule has 164 valence electrons. The van der Waals surface area contributed by atoms with E-state index in [4.69, 9.17) is 0 Å². The third kappa shape index (κ3) is 4.99. The topological polar surface area (TPSA) is 124 Å². The number of amides is 2. The summed E-state index contributed by atoms with van der Waals surface area (Å²) in [6, 6.07) is 6.00. The molecule has 1 aromatic rings. The number of sulfonamides is 1. The summed E-state index contributed by atoms with van der Waals surface area (Å²) in [4.78, 5) is 40.0. The second-order valence-corrected chi connectivity index (χ2v) is 9.56. The van der Waals surface area contributed by atoms with Gasteiger partial charge < -0.3 is 14.9 Å². The summed E-state index contributed by atoms with van der Waals surface area (Å²) in [7, 11) is -3.75. The van der Waals surface area contributed by atoms with Gasteiger partial charge in [0.05, 0.1) is 11.8 Å². The number of hydrogen-bond acceptors (Lipinski definition) is 5. The normalized spacial score (nSPS) is 22.8. The molecule has 0 radical (unpaired) electrons. The van der Waals surface area contributed by atoms with Crippen LogP contribution in [0.5, 0.6) is 0 Å². The standard InChI is InChI=1S/C20H27N3O6S/c1-14(21-30(28,29)13-15-7-3-2-4-8-15)18(24)22-11-5-9-16(22)19(25)23-12-6-10-17(23)20(26)27/h2-4,7-8,14,16-17,21H,5-6,9-13H2,1H3,(H,26,27)/t14-,16-,17-/m0/s1. The molecule has 1 aromatic carbocycles. The van der Waals surface area contributed by atoms with Crippen LogP contribution in [0.25, 0.3) is 0 Å². The maximum atomic E-state index is 13.0. The number of rotatable bonds is 7. The smallest absolute Gasteiger partial charge is 0.326 e. The molecule has 3 atom stereocenters. The van der Waals surface area contributed by atoms with E-state index >= 15 is 0 Å². The van der Waals surface area contributed by atoms with Crippen molar-refractivity contribution in [3.8, 4) is 0 Å². The molecule has 9 nitrogen and oxygen atoms in total. The van der Waals surface area contributed by atoms with Gasteiger partial charge in [0.25, 0.3) is 0 Å². The molecule has 0 aliphatic carbocycles. The summed E-state index contributed by atoms with van der Waals surface area (Å²) in [5, 5.41) is 9.34. The van der Waals surface area contributed by atoms with Crippen LogP contribution >= 0.6 is 0 Å². The van der Waals surface area contributed by atoms with Crippen LogP contribution in [0.1, 0.15) is 38.2 Å². The summed E-state index contributed by atoms with van der Waals surface area (Å²) in [6.45, 7) is 2.15. The van der Waals surface area contributed by atoms with E-state index in [0.29, 0.717) is 44.3 Å². The van der Waals surface area contributed by atoms with E-state index < -0.39 is 40.0 Å². The monoisotopic (exact) mass is 437 g/mol. The number of aliphatic carboxylic acids is 1. The fourth-order valence-electron chi connectivity index (χ4n) is 4.17. The highest BCUT2D eigenvalue weighted by Crippen LogP contribution is 2.25. The first-order chi connectivity index (χ1) is 14.2. The SMILES string of the molecule is C[C@H](NS(=O)(=O)Cc1ccccc1)C(=O)N1CCC[C@H]1C(=O)N1CCC[C@H]1C(=O)O. The Bertz CT molecular complexity index is 904. The number of benzene rings is 1. The molecule has 2 aliphatic rings. The van der Waals surface area contributed by atoms with Crippen LogP contribution in [0.4, 0.5) is 0 Å². The molecule has 3 rings (SSSR count). The fourth-order valence-corrected chi connectivity index (χ4v) is 5.52. The first-order valence-corrected chi connectivity index (χ1v) is 11.7. The summed E-state index contributed by atoms with van der Waals surface area (Å²) in [5.74, 6) is -2.14. The predicted octanol–water partition coefficient (Wildman–Crippen LogP) is 0.561. The van der Waals surface area contributed by atoms with E-state index in [-0.39, 0.29) is 11.7 Å². The van der Waals surface area contributed by atoms with Crippen molar-refractivity contribution >= 4 is 27.8 Å². The largest absolute Gasteiger partial charge is 0.480 e. The van der Waals surface area contributed by atoms with Crippen LogP contribution in [-0.4, -0.2) is 72.3 Å². The van der Waals surface area contributed by atoms with Gasteiger partial charge in [0.2, 0.25) is 21.8 Å². The molecule has 0 aromatic heterocycles. The Labute approximate surface area is 176 Å². The Morgan fingerprint density at radius 2 is 1.67 bits per heavy atom. The predicted molar refractivity (Wildman–Crippen MR) is 109 cm³/mol. The molecular weight excluding hydrogens is 410 g/mol. The van der Waals surface area contributed by atoms with Gasteiger partial charge in [0.1, 0.15) is 12.1 Å². The molecule has 0 spiro atoms. The maximum Gasteiger partial charge on any atom is 0.326 e. The Kier molecular flexibility index (Phi) is 6.77. The van der Waals surface area contributed by atoms with Crippen LogP contribution in [0.15, 0.2) is 30.3 Å². The fraction of sp³-hybridized carbons (Fsp3) is 0.550. The van der Waals surface area contributed by atoms with Gasteiger partial charge in [-0.05, 0) is 38.2 Å². The lowest BCUT2D eigenvalue weighted by atomic mass is 10.1. The van der Waals surface area contributed by atoms with Crippen LogP contribution < -0.4 is 4.72 Å². The molecule has 2 heterocycles. The van der Waals surface area contributed by atoms with Gasteiger partial charge >= 0.3 is 5.97 Å². The Hall–Kier alpha value is -2.46. The van der Waals surface area contributed by atoms with Gasteiger partial charge in [-0.3, -0.25) is 9.59 Å². The van der Waals surface area contributed by atoms with Gasteiger partial charge in [0.15, 0.2) is 0 Å². The number of nitrogens with one attached hydrogen (secondary N) is 1. The molecule has 2 fully saturated rings. The molecule has 0 saturated carbocycles. The van der Waals surface area contributed by atoms with Gasteiger partial charge in [-0.25, -0.2) is 17.9 Å². The highest BCUT2D eigenvalue weighted by atomic mass is 32.2. The van der Waals surface area contributed by atoms with Crippen molar-refractivity contribution in [3.63, 3.8) is 0 Å². The third-order valence-corrected chi connectivity index (χ3v) is 6.99. The number of hydrogen-bond donors (Lipinski definition) is 2. The number of carbonyl (C=O) groups excluding carboxylic acids is 2. The quantitative estimate of drug-likeness (QED) is 0.642. The van der Waals surface area contributed by atoms with Gasteiger partial charge in [-0.1, -0.05) is 30.3 Å². The van der Waals surface area contributed by atoms with Crippen LogP contribution in [0.2, 0.25) is 0 Å². The van der Waals surface area contributed by atoms with Crippen LogP contribution in [-0.2, 0) is 30.2 Å². The number of nitrogens with zero attached hydrogens (tertiary/aromatic N) is 2. The lowest BCUT2D eigenvalue weighted by Crippen LogP contribution is -2.54. The van der Waals surface area contributed by atoms with Crippen molar-refractivity contribution in [2.75, 3.05) is 13.1 Å². The van der Waals surface area contributed by atoms with Crippen molar-refractivity contribution in [2.24, 2.45) is 0 Å². The summed E-state index contributed by atoms with van der Waals surface area (Å²) in [6.07, 6.45) is 2.06. The molecule has 2 saturated heterocycles. The van der Waals surface area contributed by atoms with E-state index in [1.54, 1.807) is 30.3 Å². The Morgan fingerprint density at radius 1 is 1.07 bits per heavy atom. The number of likely N-dealkylation sites (tertiary alicyclic amines) is 2. The molecule has 30 heavy (non-hydrogen) atoms. The molecule has 0 unspecified atom stereocenters. The van der Waals surface area contributed by atoms with Crippen molar-refractivity contribution in [2.45, 2.75) is 56.5 Å². The summed E-state index contributed by atoms with van der Waals surface area (Å²) in [5.41, 5.74) is 0.604. The lowest BCUT2D eigenvalue weighted by molar-refractivity contribution is -0.152. The Morgan fingerprint density at radius 3 is 2.30 bits per heavy atom. The minimum absolute atomic E-state index is 0.248. The molecule has 2 amide bonds. The summed E-state index contributed by atoms with van der Waals surface area (Å²) < 4.78 is 27.3. The van der Waals surface area contributed by atoms with Crippen LogP contribution in [0, 0.1) is 0 Å². The molecule has 0 bridgehead atoms. The molecule has 10 heteroatoms. The van der Waals surface area contributed by atoms with Gasteiger partial charge in [0, 0.05) is 13.1 Å². The van der Waals surface area contributed by atoms with Crippen molar-refractivity contribution in [1.82, 2.24) is 14.5 Å². The zero-order chi connectivity index (χ0) is 21.9. The molecule has 2 N–H and O–H groups in total. The second kappa shape index (κ2) is 9.13. The molecule has 2 aliphatic heterocycles. The van der Waals surface area contributed by atoms with E-state index in [1.807, 2.05) is 0 Å². The van der Waals surface area contributed by atoms with E-state index in [0.717, 1.165) is 0 Å². The maximum absolute atomic E-state index is 13.0. The first-order valence-electron chi connectivity index (χ1n) is 10.1. The number of carboxylic acids is 1. The minimum Gasteiger partial charge on any atom is -0.480 e. The van der Waals surface area contributed by atoms with Crippen molar-refractivity contribution in [1.29, 1.82) is 0 Å². The zero-order valence-corrected chi connectivity index (χ0v) is 17.7. The van der Waals surface area contributed by atoms with E-state index in [9.17, 15) is 27.9 Å². The highest BCUT2D eigenvalue weighted by Gasteiger charge is 2.43. The van der Waals surface area contributed by atoms with E-state index in [1.165, 1.54) is 16.7 Å². The summed E-state index contributed by atoms with van der Waals surface area (Å²) >= 11 is 0. The average Bonchev–Trinajstić information content (AvgIpc) is 3.36. The van der Waals surface area contributed by atoms with Gasteiger partial charge in [-0.2, -0.15) is 0 Å². The lowest BCUT2D eigenvalue weighted by Gasteiger charge is -2.31. The third-order valence-electron chi connectivity index (χ3n) is 5.57. The van der Waals surface area contributed by atoms with Crippen molar-refractivity contribution < 1.29 is 27.9 Å². The second-order valence-electron chi connectivity index (χ2n) is 7.80. The number of carboxylic acid groups (broad SMARTS) is 1. The minimum atomic E-state index is -3.75. The number of carbonyl (C=O) groups is 3.